The van der Waals surface area contributed by atoms with Crippen molar-refractivity contribution in [2.24, 2.45) is 0 Å². The van der Waals surface area contributed by atoms with Crippen molar-refractivity contribution in [3.8, 4) is 11.1 Å². The first-order valence-electron chi connectivity index (χ1n) is 12.1. The van der Waals surface area contributed by atoms with Crippen LogP contribution in [0.4, 0.5) is 11.4 Å². The van der Waals surface area contributed by atoms with Crippen LogP contribution in [-0.4, -0.2) is 10.1 Å². The highest BCUT2D eigenvalue weighted by Gasteiger charge is 2.24. The van der Waals surface area contributed by atoms with Crippen LogP contribution < -0.4 is 4.90 Å². The molecule has 2 nitrogen and oxygen atoms in total. The second-order valence-corrected chi connectivity index (χ2v) is 11.1. The predicted octanol–water partition coefficient (Wildman–Crippen LogP) is 9.15. The first-order valence-corrected chi connectivity index (χ1v) is 12.1. The molecule has 0 radical (unpaired) electrons. The Morgan fingerprint density at radius 3 is 1.74 bits per heavy atom. The molecule has 0 bridgehead atoms. The molecule has 0 aliphatic carbocycles. The lowest BCUT2D eigenvalue weighted by atomic mass is 10.00. The zero-order valence-electron chi connectivity index (χ0n) is 21.1. The number of para-hydroxylation sites is 2. The lowest BCUT2D eigenvalue weighted by molar-refractivity contribution is 0.423. The van der Waals surface area contributed by atoms with Gasteiger partial charge in [0.25, 0.3) is 0 Å². The van der Waals surface area contributed by atoms with E-state index in [0.717, 1.165) is 0 Å². The number of hydrogen-bond donors (Lipinski definition) is 0. The van der Waals surface area contributed by atoms with Gasteiger partial charge in [-0.05, 0) is 89.1 Å². The van der Waals surface area contributed by atoms with Crippen molar-refractivity contribution in [2.75, 3.05) is 4.90 Å². The molecule has 0 saturated carbocycles. The van der Waals surface area contributed by atoms with Gasteiger partial charge in [-0.2, -0.15) is 0 Å². The van der Waals surface area contributed by atoms with Crippen molar-refractivity contribution in [3.63, 3.8) is 0 Å². The minimum Gasteiger partial charge on any atom is -0.336 e. The number of rotatable bonds is 3. The molecule has 5 rings (SSSR count). The maximum absolute atomic E-state index is 2.48. The van der Waals surface area contributed by atoms with E-state index in [0.29, 0.717) is 0 Å². The van der Waals surface area contributed by atoms with E-state index in [-0.39, 0.29) is 11.1 Å². The van der Waals surface area contributed by atoms with Gasteiger partial charge in [0.15, 0.2) is 0 Å². The summed E-state index contributed by atoms with van der Waals surface area (Å²) in [6.07, 6.45) is 0. The molecule has 172 valence electrons. The number of aromatic nitrogens is 1. The minimum atomic E-state index is -0.0323. The molecule has 5 aromatic rings. The Labute approximate surface area is 203 Å². The van der Waals surface area contributed by atoms with Crippen molar-refractivity contribution in [1.82, 2.24) is 4.57 Å². The second kappa shape index (κ2) is 8.06. The second-order valence-electron chi connectivity index (χ2n) is 11.1. The van der Waals surface area contributed by atoms with E-state index in [4.69, 9.17) is 0 Å². The number of benzene rings is 4. The molecule has 0 aliphatic heterocycles. The van der Waals surface area contributed by atoms with Crippen LogP contribution in [0.1, 0.15) is 41.5 Å². The van der Waals surface area contributed by atoms with Crippen molar-refractivity contribution in [2.45, 2.75) is 52.6 Å². The van der Waals surface area contributed by atoms with Crippen LogP contribution in [-0.2, 0) is 5.54 Å². The van der Waals surface area contributed by atoms with Crippen LogP contribution in [0.2, 0.25) is 0 Å². The van der Waals surface area contributed by atoms with Gasteiger partial charge in [0.05, 0.1) is 5.52 Å². The SMILES string of the molecule is CC(C)(C)N(c1ccccc1)c1ccc(-c2ccc3c4ccccc4n(C(C)(C)C)c3c2)cc1. The standard InChI is InChI=1S/C32H34N2/c1-31(2,3)33(25-12-8-7-9-13-25)26-19-16-23(17-20-26)24-18-21-28-27-14-10-11-15-29(27)34(30(28)22-24)32(4,5)6/h7-22H,1-6H3. The van der Waals surface area contributed by atoms with Crippen LogP contribution in [0.25, 0.3) is 32.9 Å². The molecule has 0 fully saturated rings. The van der Waals surface area contributed by atoms with Gasteiger partial charge in [0, 0.05) is 38.7 Å². The molecule has 34 heavy (non-hydrogen) atoms. The number of nitrogens with zero attached hydrogens (tertiary/aromatic N) is 2. The smallest absolute Gasteiger partial charge is 0.0502 e. The third-order valence-corrected chi connectivity index (χ3v) is 6.49. The number of hydrogen-bond acceptors (Lipinski definition) is 1. The van der Waals surface area contributed by atoms with E-state index >= 15 is 0 Å². The highest BCUT2D eigenvalue weighted by molar-refractivity contribution is 6.09. The number of fused-ring (bicyclic) bond motifs is 3. The maximum atomic E-state index is 2.48. The summed E-state index contributed by atoms with van der Waals surface area (Å²) in [5, 5.41) is 2.63. The topological polar surface area (TPSA) is 8.17 Å². The Morgan fingerprint density at radius 2 is 1.09 bits per heavy atom. The van der Waals surface area contributed by atoms with Gasteiger partial charge in [-0.1, -0.05) is 60.7 Å². The summed E-state index contributed by atoms with van der Waals surface area (Å²) in [5.41, 5.74) is 7.43. The monoisotopic (exact) mass is 446 g/mol. The van der Waals surface area contributed by atoms with E-state index < -0.39 is 0 Å². The molecule has 0 saturated heterocycles. The van der Waals surface area contributed by atoms with Gasteiger partial charge in [0.1, 0.15) is 0 Å². The van der Waals surface area contributed by atoms with Crippen LogP contribution in [0.5, 0.6) is 0 Å². The lowest BCUT2D eigenvalue weighted by Crippen LogP contribution is -2.37. The summed E-state index contributed by atoms with van der Waals surface area (Å²) < 4.78 is 2.48. The van der Waals surface area contributed by atoms with Gasteiger partial charge in [-0.25, -0.2) is 0 Å². The highest BCUT2D eigenvalue weighted by atomic mass is 15.2. The summed E-state index contributed by atoms with van der Waals surface area (Å²) in [6, 6.07) is 35.3. The van der Waals surface area contributed by atoms with Crippen LogP contribution in [0.15, 0.2) is 97.1 Å². The quantitative estimate of drug-likeness (QED) is 0.268. The molecule has 0 aliphatic rings. The molecule has 0 atom stereocenters. The zero-order valence-corrected chi connectivity index (χ0v) is 21.1. The van der Waals surface area contributed by atoms with E-state index in [2.05, 4.69) is 148 Å². The fourth-order valence-corrected chi connectivity index (χ4v) is 5.18. The zero-order chi connectivity index (χ0) is 24.1. The fourth-order valence-electron chi connectivity index (χ4n) is 5.18. The fraction of sp³-hybridized carbons (Fsp3) is 0.250. The van der Waals surface area contributed by atoms with Crippen molar-refractivity contribution in [1.29, 1.82) is 0 Å². The molecule has 1 heterocycles. The van der Waals surface area contributed by atoms with E-state index in [9.17, 15) is 0 Å². The highest BCUT2D eigenvalue weighted by Crippen LogP contribution is 2.38. The molecule has 0 unspecified atom stereocenters. The summed E-state index contributed by atoms with van der Waals surface area (Å²) in [4.78, 5) is 2.40. The van der Waals surface area contributed by atoms with Crippen LogP contribution in [0, 0.1) is 0 Å². The van der Waals surface area contributed by atoms with E-state index in [1.807, 2.05) is 0 Å². The summed E-state index contributed by atoms with van der Waals surface area (Å²) in [5.74, 6) is 0. The largest absolute Gasteiger partial charge is 0.336 e. The van der Waals surface area contributed by atoms with Crippen molar-refractivity contribution < 1.29 is 0 Å². The van der Waals surface area contributed by atoms with Crippen molar-refractivity contribution >= 4 is 33.2 Å². The summed E-state index contributed by atoms with van der Waals surface area (Å²) in [7, 11) is 0. The van der Waals surface area contributed by atoms with Gasteiger partial charge in [-0.3, -0.25) is 0 Å². The van der Waals surface area contributed by atoms with Gasteiger partial charge < -0.3 is 9.47 Å². The molecular weight excluding hydrogens is 412 g/mol. The molecule has 2 heteroatoms. The van der Waals surface area contributed by atoms with Gasteiger partial charge in [0.2, 0.25) is 0 Å². The summed E-state index contributed by atoms with van der Waals surface area (Å²) in [6.45, 7) is 13.6. The Hall–Kier alpha value is -3.52. The third-order valence-electron chi connectivity index (χ3n) is 6.49. The molecule has 0 spiro atoms. The van der Waals surface area contributed by atoms with Crippen molar-refractivity contribution in [3.05, 3.63) is 97.1 Å². The molecular formula is C32H34N2. The number of anilines is 2. The predicted molar refractivity (Wildman–Crippen MR) is 148 cm³/mol. The molecule has 1 aromatic heterocycles. The Kier molecular flexibility index (Phi) is 5.28. The van der Waals surface area contributed by atoms with E-state index in [1.165, 1.54) is 44.3 Å². The lowest BCUT2D eigenvalue weighted by Gasteiger charge is -2.38. The normalized spacial score (nSPS) is 12.4. The van der Waals surface area contributed by atoms with E-state index in [1.54, 1.807) is 0 Å². The Morgan fingerprint density at radius 1 is 0.529 bits per heavy atom. The van der Waals surface area contributed by atoms with Gasteiger partial charge in [-0.15, -0.1) is 0 Å². The Bertz CT molecular complexity index is 1440. The average Bonchev–Trinajstić information content (AvgIpc) is 3.13. The first-order chi connectivity index (χ1) is 16.1. The average molecular weight is 447 g/mol. The molecule has 0 amide bonds. The van der Waals surface area contributed by atoms with Gasteiger partial charge >= 0.3 is 0 Å². The summed E-state index contributed by atoms with van der Waals surface area (Å²) >= 11 is 0. The molecule has 4 aromatic carbocycles. The third kappa shape index (κ3) is 3.88. The maximum Gasteiger partial charge on any atom is 0.0502 e. The molecule has 0 N–H and O–H groups in total. The minimum absolute atomic E-state index is 0.00721. The van der Waals surface area contributed by atoms with Crippen LogP contribution >= 0.6 is 0 Å². The van der Waals surface area contributed by atoms with Crippen LogP contribution in [0.3, 0.4) is 0 Å². The first kappa shape index (κ1) is 22.3. The Balaban J connectivity index is 1.60.